The second-order valence-electron chi connectivity index (χ2n) is 6.76. The van der Waals surface area contributed by atoms with Crippen LogP contribution in [0.1, 0.15) is 50.5 Å². The van der Waals surface area contributed by atoms with Crippen molar-refractivity contribution in [3.05, 3.63) is 17.7 Å². The van der Waals surface area contributed by atoms with Gasteiger partial charge < -0.3 is 14.6 Å². The number of aliphatic carboxylic acids is 1. The van der Waals surface area contributed by atoms with Crippen LogP contribution in [0.15, 0.2) is 6.20 Å². The van der Waals surface area contributed by atoms with Gasteiger partial charge in [0.05, 0.1) is 5.69 Å². The van der Waals surface area contributed by atoms with Crippen LogP contribution in [0, 0.1) is 5.92 Å². The Balaban J connectivity index is 1.69. The lowest BCUT2D eigenvalue weighted by Gasteiger charge is -2.19. The van der Waals surface area contributed by atoms with E-state index < -0.39 is 11.9 Å². The van der Waals surface area contributed by atoms with E-state index in [1.54, 1.807) is 0 Å². The van der Waals surface area contributed by atoms with Gasteiger partial charge in [-0.2, -0.15) is 0 Å². The largest absolute Gasteiger partial charge is 0.481 e. The summed E-state index contributed by atoms with van der Waals surface area (Å²) in [6.45, 7) is 7.72. The normalized spacial score (nSPS) is 26.2. The monoisotopic (exact) mass is 291 g/mol. The van der Waals surface area contributed by atoms with E-state index in [4.69, 9.17) is 0 Å². The molecule has 1 saturated heterocycles. The van der Waals surface area contributed by atoms with Gasteiger partial charge >= 0.3 is 5.97 Å². The molecule has 5 heteroatoms. The molecule has 2 aliphatic heterocycles. The molecular formula is C16H25N3O2. The summed E-state index contributed by atoms with van der Waals surface area (Å²) < 4.78 is 2.06. The first-order chi connectivity index (χ1) is 10.0. The van der Waals surface area contributed by atoms with Crippen molar-refractivity contribution in [3.8, 4) is 0 Å². The van der Waals surface area contributed by atoms with E-state index in [-0.39, 0.29) is 0 Å². The van der Waals surface area contributed by atoms with Crippen molar-refractivity contribution in [3.63, 3.8) is 0 Å². The topological polar surface area (TPSA) is 58.4 Å². The molecule has 5 nitrogen and oxygen atoms in total. The number of rotatable bonds is 4. The molecule has 2 aliphatic rings. The summed E-state index contributed by atoms with van der Waals surface area (Å²) in [6, 6.07) is 0.613. The van der Waals surface area contributed by atoms with Crippen molar-refractivity contribution in [1.82, 2.24) is 14.5 Å². The molecule has 0 amide bonds. The molecule has 1 N–H and O–H groups in total. The van der Waals surface area contributed by atoms with Gasteiger partial charge in [0.1, 0.15) is 11.7 Å². The van der Waals surface area contributed by atoms with Crippen molar-refractivity contribution in [2.24, 2.45) is 5.92 Å². The van der Waals surface area contributed by atoms with Crippen molar-refractivity contribution < 1.29 is 9.90 Å². The molecule has 3 rings (SSSR count). The summed E-state index contributed by atoms with van der Waals surface area (Å²) in [4.78, 5) is 18.5. The standard InChI is InChI=1S/C16H25N3O2/c1-11(2)18-7-5-12(9-18)8-13-10-19-6-3-4-14(16(20)21)15(19)17-13/h10-12,14H,3-9H2,1-2H3,(H,20,21). The van der Waals surface area contributed by atoms with Gasteiger partial charge in [0, 0.05) is 25.3 Å². The lowest BCUT2D eigenvalue weighted by Crippen LogP contribution is -2.28. The third-order valence-corrected chi connectivity index (χ3v) is 4.90. The fourth-order valence-corrected chi connectivity index (χ4v) is 3.66. The third-order valence-electron chi connectivity index (χ3n) is 4.90. The van der Waals surface area contributed by atoms with Crippen molar-refractivity contribution >= 4 is 5.97 Å². The van der Waals surface area contributed by atoms with Crippen LogP contribution < -0.4 is 0 Å². The van der Waals surface area contributed by atoms with Gasteiger partial charge in [-0.3, -0.25) is 4.79 Å². The van der Waals surface area contributed by atoms with Crippen LogP contribution in [0.4, 0.5) is 0 Å². The average molecular weight is 291 g/mol. The Hall–Kier alpha value is -1.36. The molecule has 0 radical (unpaired) electrons. The van der Waals surface area contributed by atoms with E-state index in [1.165, 1.54) is 13.0 Å². The summed E-state index contributed by atoms with van der Waals surface area (Å²) in [5, 5.41) is 9.31. The number of aromatic nitrogens is 2. The maximum absolute atomic E-state index is 11.3. The van der Waals surface area contributed by atoms with Crippen LogP contribution in [0.2, 0.25) is 0 Å². The number of hydrogen-bond acceptors (Lipinski definition) is 3. The van der Waals surface area contributed by atoms with Crippen molar-refractivity contribution in [2.75, 3.05) is 13.1 Å². The number of nitrogens with zero attached hydrogens (tertiary/aromatic N) is 3. The van der Waals surface area contributed by atoms with Crippen LogP contribution in [0.5, 0.6) is 0 Å². The second-order valence-corrected chi connectivity index (χ2v) is 6.76. The lowest BCUT2D eigenvalue weighted by molar-refractivity contribution is -0.139. The fraction of sp³-hybridized carbons (Fsp3) is 0.750. The molecule has 0 aliphatic carbocycles. The highest BCUT2D eigenvalue weighted by atomic mass is 16.4. The van der Waals surface area contributed by atoms with E-state index in [0.29, 0.717) is 12.0 Å². The molecule has 0 bridgehead atoms. The van der Waals surface area contributed by atoms with Gasteiger partial charge in [-0.15, -0.1) is 0 Å². The smallest absolute Gasteiger partial charge is 0.314 e. The minimum Gasteiger partial charge on any atom is -0.481 e. The Kier molecular flexibility index (Phi) is 4.02. The second kappa shape index (κ2) is 5.79. The average Bonchev–Trinajstić information content (AvgIpc) is 3.04. The zero-order valence-corrected chi connectivity index (χ0v) is 13.0. The van der Waals surface area contributed by atoms with E-state index in [2.05, 4.69) is 34.5 Å². The summed E-state index contributed by atoms with van der Waals surface area (Å²) in [5.74, 6) is 0.276. The quantitative estimate of drug-likeness (QED) is 0.923. The Morgan fingerprint density at radius 1 is 1.43 bits per heavy atom. The van der Waals surface area contributed by atoms with Crippen LogP contribution in [-0.4, -0.2) is 44.7 Å². The number of imidazole rings is 1. The van der Waals surface area contributed by atoms with Gasteiger partial charge in [-0.1, -0.05) is 0 Å². The Bertz CT molecular complexity index is 524. The molecule has 0 aromatic carbocycles. The number of aryl methyl sites for hydroxylation is 1. The van der Waals surface area contributed by atoms with E-state index in [9.17, 15) is 9.90 Å². The highest BCUT2D eigenvalue weighted by molar-refractivity contribution is 5.75. The molecule has 2 unspecified atom stereocenters. The molecule has 2 atom stereocenters. The van der Waals surface area contributed by atoms with Gasteiger partial charge in [0.15, 0.2) is 0 Å². The molecule has 21 heavy (non-hydrogen) atoms. The maximum Gasteiger partial charge on any atom is 0.314 e. The highest BCUT2D eigenvalue weighted by Crippen LogP contribution is 2.28. The molecule has 0 spiro atoms. The zero-order valence-electron chi connectivity index (χ0n) is 13.0. The molecular weight excluding hydrogens is 266 g/mol. The number of likely N-dealkylation sites (tertiary alicyclic amines) is 1. The summed E-state index contributed by atoms with van der Waals surface area (Å²) in [5.41, 5.74) is 1.08. The van der Waals surface area contributed by atoms with E-state index in [0.717, 1.165) is 43.9 Å². The number of fused-ring (bicyclic) bond motifs is 1. The van der Waals surface area contributed by atoms with Gasteiger partial charge in [0.2, 0.25) is 0 Å². The number of carboxylic acid groups (broad SMARTS) is 1. The molecule has 116 valence electrons. The Morgan fingerprint density at radius 3 is 2.90 bits per heavy atom. The zero-order chi connectivity index (χ0) is 15.0. The maximum atomic E-state index is 11.3. The Labute approximate surface area is 126 Å². The first-order valence-corrected chi connectivity index (χ1v) is 8.07. The van der Waals surface area contributed by atoms with Crippen LogP contribution in [-0.2, 0) is 17.8 Å². The van der Waals surface area contributed by atoms with Crippen LogP contribution in [0.3, 0.4) is 0 Å². The first kappa shape index (κ1) is 14.6. The van der Waals surface area contributed by atoms with Gasteiger partial charge in [-0.05, 0) is 52.0 Å². The molecule has 1 aromatic heterocycles. The number of carbonyl (C=O) groups is 1. The molecule has 0 saturated carbocycles. The lowest BCUT2D eigenvalue weighted by atomic mass is 9.99. The minimum atomic E-state index is -0.736. The highest BCUT2D eigenvalue weighted by Gasteiger charge is 2.30. The molecule has 1 fully saturated rings. The van der Waals surface area contributed by atoms with Gasteiger partial charge in [0.25, 0.3) is 0 Å². The number of carboxylic acids is 1. The predicted molar refractivity (Wildman–Crippen MR) is 80.4 cm³/mol. The number of hydrogen-bond donors (Lipinski definition) is 1. The summed E-state index contributed by atoms with van der Waals surface area (Å²) >= 11 is 0. The summed E-state index contributed by atoms with van der Waals surface area (Å²) in [7, 11) is 0. The molecule has 3 heterocycles. The minimum absolute atomic E-state index is 0.414. The third kappa shape index (κ3) is 2.98. The SMILES string of the molecule is CC(C)N1CCC(Cc2cn3c(n2)C(C(=O)O)CCC3)C1. The first-order valence-electron chi connectivity index (χ1n) is 8.07. The molecule has 1 aromatic rings. The predicted octanol–water partition coefficient (Wildman–Crippen LogP) is 2.12. The van der Waals surface area contributed by atoms with Crippen LogP contribution in [0.25, 0.3) is 0 Å². The Morgan fingerprint density at radius 2 is 2.24 bits per heavy atom. The van der Waals surface area contributed by atoms with Crippen molar-refractivity contribution in [2.45, 2.75) is 58.0 Å². The summed E-state index contributed by atoms with van der Waals surface area (Å²) in [6.07, 6.45) is 5.95. The van der Waals surface area contributed by atoms with Crippen LogP contribution >= 0.6 is 0 Å². The van der Waals surface area contributed by atoms with E-state index >= 15 is 0 Å². The van der Waals surface area contributed by atoms with E-state index in [1.807, 2.05) is 0 Å². The fourth-order valence-electron chi connectivity index (χ4n) is 3.66. The van der Waals surface area contributed by atoms with Crippen molar-refractivity contribution in [1.29, 1.82) is 0 Å². The van der Waals surface area contributed by atoms with Gasteiger partial charge in [-0.25, -0.2) is 4.98 Å².